The highest BCUT2D eigenvalue weighted by molar-refractivity contribution is 6.79. The van der Waals surface area contributed by atoms with E-state index in [1.54, 1.807) is 0 Å². The third-order valence-electron chi connectivity index (χ3n) is 4.89. The third-order valence-corrected chi connectivity index (χ3v) is 10.5. The van der Waals surface area contributed by atoms with Crippen molar-refractivity contribution < 1.29 is 19.4 Å². The van der Waals surface area contributed by atoms with E-state index in [0.29, 0.717) is 6.61 Å². The van der Waals surface area contributed by atoms with E-state index in [1.165, 1.54) is 62.7 Å². The third kappa shape index (κ3) is 12.8. The van der Waals surface area contributed by atoms with Crippen molar-refractivity contribution in [3.63, 3.8) is 0 Å². The van der Waals surface area contributed by atoms with Crippen molar-refractivity contribution >= 4 is 20.0 Å². The maximum absolute atomic E-state index is 11.4. The second-order valence-corrected chi connectivity index (χ2v) is 12.1. The number of rotatable bonds is 16. The Morgan fingerprint density at radius 2 is 1.28 bits per heavy atom. The van der Waals surface area contributed by atoms with Gasteiger partial charge in [-0.3, -0.25) is 0 Å². The number of carbonyl (C=O) groups excluding carboxylic acids is 1. The van der Waals surface area contributed by atoms with Crippen LogP contribution in [0.25, 0.3) is 0 Å². The van der Waals surface area contributed by atoms with E-state index in [1.807, 2.05) is 0 Å². The molecule has 0 fully saturated rings. The van der Waals surface area contributed by atoms with Crippen LogP contribution >= 0.6 is 0 Å². The van der Waals surface area contributed by atoms with Gasteiger partial charge in [0.15, 0.2) is 0 Å². The van der Waals surface area contributed by atoms with Crippen LogP contribution in [0.2, 0.25) is 24.2 Å². The maximum atomic E-state index is 11.4. The monoisotopic (exact) mass is 370 g/mol. The molecular formula is C20H38O4Si. The maximum Gasteiger partial charge on any atom is 0.331 e. The molecule has 0 saturated carbocycles. The minimum absolute atomic E-state index is 0.391. The van der Waals surface area contributed by atoms with E-state index in [-0.39, 0.29) is 0 Å². The molecule has 0 aliphatic carbocycles. The van der Waals surface area contributed by atoms with Gasteiger partial charge in [0.1, 0.15) is 0 Å². The lowest BCUT2D eigenvalue weighted by atomic mass is 10.3. The number of unbranched alkanes of at least 4 members (excludes halogenated alkanes) is 4. The predicted octanol–water partition coefficient (Wildman–Crippen LogP) is 5.80. The highest BCUT2D eigenvalue weighted by atomic mass is 28.3. The van der Waals surface area contributed by atoms with Gasteiger partial charge >= 0.3 is 11.9 Å². The number of carboxylic acid groups (broad SMARTS) is 1. The first-order valence-electron chi connectivity index (χ1n) is 10.1. The Hall–Kier alpha value is -1.10. The highest BCUT2D eigenvalue weighted by Crippen LogP contribution is 2.33. The highest BCUT2D eigenvalue weighted by Gasteiger charge is 2.30. The van der Waals surface area contributed by atoms with Crippen LogP contribution in [0, 0.1) is 0 Å². The van der Waals surface area contributed by atoms with Crippen LogP contribution in [0.3, 0.4) is 0 Å². The van der Waals surface area contributed by atoms with Gasteiger partial charge in [-0.05, 0) is 6.42 Å². The van der Waals surface area contributed by atoms with E-state index >= 15 is 0 Å². The lowest BCUT2D eigenvalue weighted by Gasteiger charge is -2.32. The topological polar surface area (TPSA) is 63.6 Å². The fraction of sp³-hybridized carbons (Fsp3) is 0.800. The zero-order chi connectivity index (χ0) is 19.0. The molecule has 0 bridgehead atoms. The van der Waals surface area contributed by atoms with Gasteiger partial charge in [0, 0.05) is 12.2 Å². The number of aliphatic carboxylic acids is 1. The Balaban J connectivity index is 4.38. The summed E-state index contributed by atoms with van der Waals surface area (Å²) in [7, 11) is -1.20. The molecule has 0 aromatic rings. The van der Waals surface area contributed by atoms with Crippen molar-refractivity contribution in [1.82, 2.24) is 0 Å². The quantitative estimate of drug-likeness (QED) is 0.161. The minimum atomic E-state index is -1.20. The van der Waals surface area contributed by atoms with Crippen LogP contribution in [0.1, 0.15) is 72.1 Å². The van der Waals surface area contributed by atoms with Crippen molar-refractivity contribution in [2.45, 2.75) is 96.3 Å². The van der Waals surface area contributed by atoms with E-state index in [2.05, 4.69) is 20.8 Å². The molecule has 0 rings (SSSR count). The molecule has 146 valence electrons. The van der Waals surface area contributed by atoms with Crippen LogP contribution < -0.4 is 0 Å². The summed E-state index contributed by atoms with van der Waals surface area (Å²) in [5.41, 5.74) is 0. The average molecular weight is 371 g/mol. The summed E-state index contributed by atoms with van der Waals surface area (Å²) in [5.74, 6) is -1.69. The van der Waals surface area contributed by atoms with Gasteiger partial charge in [0.25, 0.3) is 0 Å². The Morgan fingerprint density at radius 1 is 0.800 bits per heavy atom. The Morgan fingerprint density at radius 3 is 1.72 bits per heavy atom. The minimum Gasteiger partial charge on any atom is -0.478 e. The standard InChI is InChI=1S/C20H38O4Si/c1-4-7-15-25(16-8-5-2,17-9-6-3)18-11-10-14-24-20(23)13-12-19(21)22/h12-13H,4-11,14-18H2,1-3H3,(H,21,22)/b13-12-. The summed E-state index contributed by atoms with van der Waals surface area (Å²) in [6.45, 7) is 7.23. The molecule has 0 aliphatic heterocycles. The van der Waals surface area contributed by atoms with E-state index in [4.69, 9.17) is 9.84 Å². The van der Waals surface area contributed by atoms with Gasteiger partial charge in [-0.25, -0.2) is 9.59 Å². The van der Waals surface area contributed by atoms with Gasteiger partial charge in [0.05, 0.1) is 14.7 Å². The molecule has 25 heavy (non-hydrogen) atoms. The van der Waals surface area contributed by atoms with Crippen LogP contribution in [-0.4, -0.2) is 31.7 Å². The summed E-state index contributed by atoms with van der Waals surface area (Å²) in [4.78, 5) is 21.7. The first-order chi connectivity index (χ1) is 12.0. The fourth-order valence-electron chi connectivity index (χ4n) is 3.37. The second-order valence-electron chi connectivity index (χ2n) is 7.11. The molecule has 0 radical (unpaired) electrons. The zero-order valence-corrected chi connectivity index (χ0v) is 17.5. The van der Waals surface area contributed by atoms with Crippen molar-refractivity contribution in [2.75, 3.05) is 6.61 Å². The Kier molecular flexibility index (Phi) is 14.5. The molecule has 5 heteroatoms. The van der Waals surface area contributed by atoms with Gasteiger partial charge in [-0.1, -0.05) is 89.9 Å². The van der Waals surface area contributed by atoms with Crippen LogP contribution in [0.5, 0.6) is 0 Å². The molecule has 4 nitrogen and oxygen atoms in total. The molecule has 0 aromatic carbocycles. The lowest BCUT2D eigenvalue weighted by Crippen LogP contribution is -2.33. The fourth-order valence-corrected chi connectivity index (χ4v) is 9.18. The molecule has 0 spiro atoms. The number of esters is 1. The zero-order valence-electron chi connectivity index (χ0n) is 16.5. The van der Waals surface area contributed by atoms with Crippen molar-refractivity contribution in [1.29, 1.82) is 0 Å². The second kappa shape index (κ2) is 15.2. The normalized spacial score (nSPS) is 11.8. The van der Waals surface area contributed by atoms with Gasteiger partial charge in [0.2, 0.25) is 0 Å². The SMILES string of the molecule is CCCC[Si](CCCC)(CCCC)CCCCOC(=O)/C=C\C(=O)O. The first kappa shape index (κ1) is 23.9. The number of carbonyl (C=O) groups is 2. The summed E-state index contributed by atoms with van der Waals surface area (Å²) in [6.07, 6.45) is 11.7. The van der Waals surface area contributed by atoms with Crippen molar-refractivity contribution in [3.05, 3.63) is 12.2 Å². The molecule has 0 unspecified atom stereocenters. The van der Waals surface area contributed by atoms with Crippen molar-refractivity contribution in [2.24, 2.45) is 0 Å². The van der Waals surface area contributed by atoms with E-state index in [0.717, 1.165) is 25.0 Å². The Bertz CT molecular complexity index is 371. The number of hydrogen-bond acceptors (Lipinski definition) is 3. The summed E-state index contributed by atoms with van der Waals surface area (Å²) in [5, 5.41) is 8.48. The predicted molar refractivity (Wildman–Crippen MR) is 107 cm³/mol. The van der Waals surface area contributed by atoms with E-state index in [9.17, 15) is 9.59 Å². The number of hydrogen-bond donors (Lipinski definition) is 1. The molecule has 0 amide bonds. The molecule has 0 heterocycles. The molecule has 1 N–H and O–H groups in total. The smallest absolute Gasteiger partial charge is 0.331 e. The Labute approximate surface area is 155 Å². The molecule has 0 saturated heterocycles. The summed E-state index contributed by atoms with van der Waals surface area (Å²) < 4.78 is 5.08. The molecule has 0 aliphatic rings. The van der Waals surface area contributed by atoms with Crippen molar-refractivity contribution in [3.8, 4) is 0 Å². The van der Waals surface area contributed by atoms with Gasteiger partial charge < -0.3 is 9.84 Å². The first-order valence-corrected chi connectivity index (χ1v) is 12.9. The van der Waals surface area contributed by atoms with Crippen LogP contribution in [0.15, 0.2) is 12.2 Å². The molecule has 0 atom stereocenters. The van der Waals surface area contributed by atoms with Crippen LogP contribution in [-0.2, 0) is 14.3 Å². The summed E-state index contributed by atoms with van der Waals surface area (Å²) >= 11 is 0. The summed E-state index contributed by atoms with van der Waals surface area (Å²) in [6, 6.07) is 5.69. The van der Waals surface area contributed by atoms with Gasteiger partial charge in [-0.15, -0.1) is 0 Å². The number of ether oxygens (including phenoxy) is 1. The van der Waals surface area contributed by atoms with Gasteiger partial charge in [-0.2, -0.15) is 0 Å². The average Bonchev–Trinajstić information content (AvgIpc) is 2.60. The lowest BCUT2D eigenvalue weighted by molar-refractivity contribution is -0.138. The largest absolute Gasteiger partial charge is 0.478 e. The molecule has 0 aromatic heterocycles. The van der Waals surface area contributed by atoms with E-state index < -0.39 is 20.0 Å². The number of carboxylic acids is 1. The van der Waals surface area contributed by atoms with Crippen LogP contribution in [0.4, 0.5) is 0 Å². The molecular weight excluding hydrogens is 332 g/mol.